The van der Waals surface area contributed by atoms with E-state index in [0.717, 1.165) is 5.56 Å². The summed E-state index contributed by atoms with van der Waals surface area (Å²) in [7, 11) is 0. The van der Waals surface area contributed by atoms with Gasteiger partial charge in [0.25, 0.3) is 0 Å². The zero-order valence-electron chi connectivity index (χ0n) is 13.2. The first kappa shape index (κ1) is 15.7. The highest BCUT2D eigenvalue weighted by Crippen LogP contribution is 2.24. The Bertz CT molecular complexity index is 529. The first-order valence-corrected chi connectivity index (χ1v) is 7.47. The summed E-state index contributed by atoms with van der Waals surface area (Å²) in [5.41, 5.74) is 2.57. The van der Waals surface area contributed by atoms with Crippen LogP contribution in [0.1, 0.15) is 57.7 Å². The summed E-state index contributed by atoms with van der Waals surface area (Å²) in [6, 6.07) is 8.26. The summed E-state index contributed by atoms with van der Waals surface area (Å²) >= 11 is 0. The number of hydrogen-bond acceptors (Lipinski definition) is 3. The lowest BCUT2D eigenvalue weighted by molar-refractivity contribution is -0.134. The van der Waals surface area contributed by atoms with E-state index in [2.05, 4.69) is 55.7 Å². The van der Waals surface area contributed by atoms with Gasteiger partial charge < -0.3 is 0 Å². The van der Waals surface area contributed by atoms with E-state index < -0.39 is 0 Å². The fourth-order valence-electron chi connectivity index (χ4n) is 2.52. The molecule has 0 bridgehead atoms. The fourth-order valence-corrected chi connectivity index (χ4v) is 2.52. The zero-order chi connectivity index (χ0) is 15.6. The van der Waals surface area contributed by atoms with Crippen molar-refractivity contribution in [2.75, 3.05) is 0 Å². The smallest absolute Gasteiger partial charge is 0.243 e. The molecule has 4 nitrogen and oxygen atoms in total. The molecule has 0 aliphatic carbocycles. The van der Waals surface area contributed by atoms with Crippen molar-refractivity contribution in [1.82, 2.24) is 10.6 Å². The van der Waals surface area contributed by atoms with Crippen molar-refractivity contribution >= 4 is 11.8 Å². The normalized spacial score (nSPS) is 21.0. The fraction of sp³-hybridized carbons (Fsp3) is 0.529. The lowest BCUT2D eigenvalue weighted by Gasteiger charge is -2.26. The molecule has 2 amide bonds. The highest BCUT2D eigenvalue weighted by atomic mass is 16.2. The Morgan fingerprint density at radius 2 is 1.81 bits per heavy atom. The maximum absolute atomic E-state index is 11.8. The minimum Gasteiger partial charge on any atom is -0.299 e. The van der Waals surface area contributed by atoms with Gasteiger partial charge in [0.05, 0.1) is 6.04 Å². The van der Waals surface area contributed by atoms with E-state index in [-0.39, 0.29) is 29.3 Å². The van der Waals surface area contributed by atoms with Crippen LogP contribution in [0.3, 0.4) is 0 Å². The summed E-state index contributed by atoms with van der Waals surface area (Å²) in [6.45, 7) is 8.60. The molecule has 2 N–H and O–H groups in total. The molecule has 1 heterocycles. The topological polar surface area (TPSA) is 58.2 Å². The standard InChI is InChI=1S/C17H24N2O2/c1-11(18-14-9-10-15(20)19-16(14)21)12-5-7-13(8-6-12)17(2,3)4/h5-8,11,14,18H,9-10H2,1-4H3,(H,19,20,21). The van der Waals surface area contributed by atoms with Crippen LogP contribution in [0.15, 0.2) is 24.3 Å². The van der Waals surface area contributed by atoms with Gasteiger partial charge >= 0.3 is 0 Å². The maximum atomic E-state index is 11.8. The van der Waals surface area contributed by atoms with E-state index >= 15 is 0 Å². The Morgan fingerprint density at radius 3 is 2.33 bits per heavy atom. The number of carbonyl (C=O) groups is 2. The molecule has 1 aromatic rings. The van der Waals surface area contributed by atoms with Crippen LogP contribution in [0.4, 0.5) is 0 Å². The summed E-state index contributed by atoms with van der Waals surface area (Å²) in [6.07, 6.45) is 0.966. The van der Waals surface area contributed by atoms with Gasteiger partial charge in [-0.2, -0.15) is 0 Å². The van der Waals surface area contributed by atoms with Crippen molar-refractivity contribution in [2.45, 2.75) is 58.0 Å². The van der Waals surface area contributed by atoms with Crippen LogP contribution in [0.25, 0.3) is 0 Å². The summed E-state index contributed by atoms with van der Waals surface area (Å²) in [5, 5.41) is 5.67. The van der Waals surface area contributed by atoms with Gasteiger partial charge in [-0.1, -0.05) is 45.0 Å². The highest BCUT2D eigenvalue weighted by Gasteiger charge is 2.27. The molecule has 114 valence electrons. The Kier molecular flexibility index (Phi) is 4.47. The molecule has 4 heteroatoms. The first-order valence-electron chi connectivity index (χ1n) is 7.47. The van der Waals surface area contributed by atoms with Gasteiger partial charge in [0.1, 0.15) is 0 Å². The SMILES string of the molecule is CC(NC1CCC(=O)NC1=O)c1ccc(C(C)(C)C)cc1. The van der Waals surface area contributed by atoms with Crippen LogP contribution in [-0.2, 0) is 15.0 Å². The Labute approximate surface area is 126 Å². The number of rotatable bonds is 3. The maximum Gasteiger partial charge on any atom is 0.243 e. The van der Waals surface area contributed by atoms with E-state index in [1.54, 1.807) is 0 Å². The van der Waals surface area contributed by atoms with Gasteiger partial charge in [-0.25, -0.2) is 0 Å². The molecule has 0 spiro atoms. The van der Waals surface area contributed by atoms with E-state index in [9.17, 15) is 9.59 Å². The minimum atomic E-state index is -0.292. The zero-order valence-corrected chi connectivity index (χ0v) is 13.2. The average Bonchev–Trinajstić information content (AvgIpc) is 2.41. The van der Waals surface area contributed by atoms with Crippen molar-refractivity contribution in [3.63, 3.8) is 0 Å². The molecule has 1 aliphatic heterocycles. The molecule has 1 aliphatic rings. The van der Waals surface area contributed by atoms with Crippen LogP contribution in [0.2, 0.25) is 0 Å². The lowest BCUT2D eigenvalue weighted by atomic mass is 9.86. The van der Waals surface area contributed by atoms with Crippen molar-refractivity contribution in [3.8, 4) is 0 Å². The van der Waals surface area contributed by atoms with Crippen molar-refractivity contribution in [2.24, 2.45) is 0 Å². The van der Waals surface area contributed by atoms with Gasteiger partial charge in [-0.15, -0.1) is 0 Å². The molecule has 21 heavy (non-hydrogen) atoms. The molecule has 1 aromatic carbocycles. The third kappa shape index (κ3) is 3.91. The van der Waals surface area contributed by atoms with Crippen LogP contribution >= 0.6 is 0 Å². The summed E-state index contributed by atoms with van der Waals surface area (Å²) in [5.74, 6) is -0.398. The molecule has 0 saturated carbocycles. The van der Waals surface area contributed by atoms with Crippen LogP contribution < -0.4 is 10.6 Å². The quantitative estimate of drug-likeness (QED) is 0.840. The molecular weight excluding hydrogens is 264 g/mol. The lowest BCUT2D eigenvalue weighted by Crippen LogP contribution is -2.51. The van der Waals surface area contributed by atoms with Crippen molar-refractivity contribution in [1.29, 1.82) is 0 Å². The number of benzene rings is 1. The molecule has 1 saturated heterocycles. The molecule has 0 radical (unpaired) electrons. The molecule has 0 aromatic heterocycles. The molecule has 1 fully saturated rings. The van der Waals surface area contributed by atoms with E-state index in [1.165, 1.54) is 5.56 Å². The minimum absolute atomic E-state index is 0.0722. The van der Waals surface area contributed by atoms with E-state index in [4.69, 9.17) is 0 Å². The third-order valence-electron chi connectivity index (χ3n) is 3.97. The van der Waals surface area contributed by atoms with Gasteiger partial charge in [-0.3, -0.25) is 20.2 Å². The molecular formula is C17H24N2O2. The number of carbonyl (C=O) groups excluding carboxylic acids is 2. The number of imide groups is 1. The first-order chi connectivity index (χ1) is 9.77. The molecule has 2 atom stereocenters. The van der Waals surface area contributed by atoms with Gasteiger partial charge in [-0.05, 0) is 29.9 Å². The second-order valence-electron chi connectivity index (χ2n) is 6.76. The number of amides is 2. The average molecular weight is 288 g/mol. The predicted molar refractivity (Wildman–Crippen MR) is 82.9 cm³/mol. The second-order valence-corrected chi connectivity index (χ2v) is 6.76. The van der Waals surface area contributed by atoms with Gasteiger partial charge in [0.2, 0.25) is 11.8 Å². The molecule has 2 unspecified atom stereocenters. The Morgan fingerprint density at radius 1 is 1.19 bits per heavy atom. The monoisotopic (exact) mass is 288 g/mol. The van der Waals surface area contributed by atoms with Crippen LogP contribution in [0, 0.1) is 0 Å². The largest absolute Gasteiger partial charge is 0.299 e. The number of piperidine rings is 1. The summed E-state index contributed by atoms with van der Waals surface area (Å²) < 4.78 is 0. The van der Waals surface area contributed by atoms with E-state index in [1.807, 2.05) is 6.92 Å². The number of hydrogen-bond donors (Lipinski definition) is 2. The van der Waals surface area contributed by atoms with E-state index in [0.29, 0.717) is 12.8 Å². The predicted octanol–water partition coefficient (Wildman–Crippen LogP) is 2.44. The third-order valence-corrected chi connectivity index (χ3v) is 3.97. The van der Waals surface area contributed by atoms with Gasteiger partial charge in [0.15, 0.2) is 0 Å². The van der Waals surface area contributed by atoms with Crippen molar-refractivity contribution in [3.05, 3.63) is 35.4 Å². The van der Waals surface area contributed by atoms with Crippen LogP contribution in [-0.4, -0.2) is 17.9 Å². The Balaban J connectivity index is 2.02. The Hall–Kier alpha value is -1.68. The second kappa shape index (κ2) is 5.98. The van der Waals surface area contributed by atoms with Gasteiger partial charge in [0, 0.05) is 12.5 Å². The molecule has 2 rings (SSSR count). The number of nitrogens with one attached hydrogen (secondary N) is 2. The highest BCUT2D eigenvalue weighted by molar-refractivity contribution is 6.00. The van der Waals surface area contributed by atoms with Crippen LogP contribution in [0.5, 0.6) is 0 Å². The van der Waals surface area contributed by atoms with Crippen molar-refractivity contribution < 1.29 is 9.59 Å². The summed E-state index contributed by atoms with van der Waals surface area (Å²) in [4.78, 5) is 22.9.